The summed E-state index contributed by atoms with van der Waals surface area (Å²) in [6.07, 6.45) is 4.55. The molecule has 2 N–H and O–H groups in total. The van der Waals surface area contributed by atoms with Crippen molar-refractivity contribution in [3.05, 3.63) is 24.3 Å². The average Bonchev–Trinajstić information content (AvgIpc) is 3.36. The maximum Gasteiger partial charge on any atom is 0.370 e. The highest BCUT2D eigenvalue weighted by atomic mass is 17.3. The number of hydrazine groups is 2. The van der Waals surface area contributed by atoms with Crippen LogP contribution in [0.2, 0.25) is 0 Å². The van der Waals surface area contributed by atoms with E-state index in [4.69, 9.17) is 15.3 Å². The fourth-order valence-corrected chi connectivity index (χ4v) is 3.26. The van der Waals surface area contributed by atoms with Gasteiger partial charge in [0.05, 0.1) is 4.85 Å². The van der Waals surface area contributed by atoms with Gasteiger partial charge in [-0.15, -0.1) is 0 Å². The van der Waals surface area contributed by atoms with Crippen LogP contribution in [-0.4, -0.2) is 57.6 Å². The van der Waals surface area contributed by atoms with Gasteiger partial charge in [-0.3, -0.25) is 0 Å². The van der Waals surface area contributed by atoms with Crippen LogP contribution in [-0.2, 0) is 4.89 Å². The van der Waals surface area contributed by atoms with E-state index in [1.807, 2.05) is 29.4 Å². The molecule has 0 radical (unpaired) electrons. The average molecular weight is 332 g/mol. The van der Waals surface area contributed by atoms with Crippen molar-refractivity contribution in [2.75, 3.05) is 26.2 Å². The highest BCUT2D eigenvalue weighted by Crippen LogP contribution is 2.18. The third-order valence-corrected chi connectivity index (χ3v) is 4.43. The number of amidine groups is 1. The van der Waals surface area contributed by atoms with Crippen molar-refractivity contribution in [1.29, 1.82) is 5.41 Å². The number of benzene rings is 1. The van der Waals surface area contributed by atoms with E-state index < -0.39 is 0 Å². The lowest BCUT2D eigenvalue weighted by atomic mass is 10.3. The van der Waals surface area contributed by atoms with Gasteiger partial charge in [-0.25, -0.2) is 20.3 Å². The zero-order valence-corrected chi connectivity index (χ0v) is 13.5. The van der Waals surface area contributed by atoms with Crippen LogP contribution in [0.5, 0.6) is 0 Å². The Morgan fingerprint density at radius 2 is 1.71 bits per heavy atom. The van der Waals surface area contributed by atoms with Crippen LogP contribution < -0.4 is 9.83 Å². The predicted octanol–water partition coefficient (Wildman–Crippen LogP) is 0.469. The molecule has 0 atom stereocenters. The first kappa shape index (κ1) is 15.2. The molecule has 0 unspecified atom stereocenters. The number of nitrogens with one attached hydrogen (secondary N) is 2. The predicted molar refractivity (Wildman–Crippen MR) is 85.1 cm³/mol. The summed E-state index contributed by atoms with van der Waals surface area (Å²) in [5, 5.41) is 21.3. The second kappa shape index (κ2) is 6.62. The molecule has 0 saturated carbocycles. The van der Waals surface area contributed by atoms with Crippen molar-refractivity contribution >= 4 is 17.1 Å². The Kier molecular flexibility index (Phi) is 4.18. The van der Waals surface area contributed by atoms with Crippen molar-refractivity contribution < 1.29 is 14.7 Å². The fraction of sp³-hybridized carbons (Fsp3) is 0.533. The van der Waals surface area contributed by atoms with Crippen molar-refractivity contribution in [1.82, 2.24) is 25.4 Å². The highest BCUT2D eigenvalue weighted by Gasteiger charge is 2.32. The van der Waals surface area contributed by atoms with Gasteiger partial charge in [0.2, 0.25) is 0 Å². The van der Waals surface area contributed by atoms with Crippen molar-refractivity contribution in [3.8, 4) is 0 Å². The second-order valence-corrected chi connectivity index (χ2v) is 6.07. The largest absolute Gasteiger partial charge is 0.370 e. The number of nitrogens with zero attached hydrogens (tertiary/aromatic N) is 5. The minimum atomic E-state index is -0.0371. The first-order valence-electron chi connectivity index (χ1n) is 8.41. The highest BCUT2D eigenvalue weighted by molar-refractivity contribution is 5.70. The van der Waals surface area contributed by atoms with Crippen molar-refractivity contribution in [3.63, 3.8) is 0 Å². The molecule has 1 aromatic carbocycles. The van der Waals surface area contributed by atoms with Gasteiger partial charge in [-0.05, 0) is 43.0 Å². The van der Waals surface area contributed by atoms with E-state index in [9.17, 15) is 0 Å². The molecule has 9 nitrogen and oxygen atoms in total. The molecule has 1 aromatic heterocycles. The van der Waals surface area contributed by atoms with Crippen LogP contribution >= 0.6 is 0 Å². The van der Waals surface area contributed by atoms with Gasteiger partial charge in [0.25, 0.3) is 11.0 Å². The molecular weight excluding hydrogens is 310 g/mol. The molecule has 2 aliphatic heterocycles. The quantitative estimate of drug-likeness (QED) is 0.278. The lowest BCUT2D eigenvalue weighted by Crippen LogP contribution is -2.57. The molecule has 0 spiro atoms. The Balaban J connectivity index is 1.46. The summed E-state index contributed by atoms with van der Waals surface area (Å²) in [6, 6.07) is 7.50. The third kappa shape index (κ3) is 2.87. The van der Waals surface area contributed by atoms with Gasteiger partial charge in [0, 0.05) is 31.3 Å². The number of hydrogen-bond acceptors (Lipinski definition) is 6. The monoisotopic (exact) mass is 332 g/mol. The SMILES string of the molecule is N=C(OO[n+]1[nH]nc2ccccc21)N(N1CCCC1)N1CCCC1. The number of hydrogen-bond donors (Lipinski definition) is 2. The summed E-state index contributed by atoms with van der Waals surface area (Å²) in [5.74, 6) is 0. The molecule has 2 aromatic rings. The third-order valence-electron chi connectivity index (χ3n) is 4.43. The van der Waals surface area contributed by atoms with E-state index in [1.165, 1.54) is 4.85 Å². The Labute approximate surface area is 139 Å². The van der Waals surface area contributed by atoms with Crippen molar-refractivity contribution in [2.45, 2.75) is 25.7 Å². The number of aromatic amines is 1. The molecule has 9 heteroatoms. The fourth-order valence-electron chi connectivity index (χ4n) is 3.26. The molecule has 2 saturated heterocycles. The molecular formula is C15H22N7O2+. The lowest BCUT2D eigenvalue weighted by Gasteiger charge is -2.37. The van der Waals surface area contributed by atoms with Gasteiger partial charge in [0.15, 0.2) is 0 Å². The van der Waals surface area contributed by atoms with Gasteiger partial charge in [-0.2, -0.15) is 5.12 Å². The van der Waals surface area contributed by atoms with E-state index in [0.29, 0.717) is 0 Å². The zero-order valence-electron chi connectivity index (χ0n) is 13.5. The molecule has 4 rings (SSSR count). The Bertz CT molecular complexity index is 691. The Hall–Kier alpha value is -2.39. The topological polar surface area (TPSA) is 84.6 Å². The van der Waals surface area contributed by atoms with E-state index in [-0.39, 0.29) is 6.02 Å². The van der Waals surface area contributed by atoms with Crippen LogP contribution in [0.4, 0.5) is 0 Å². The smallest absolute Gasteiger partial charge is 0.245 e. The Morgan fingerprint density at radius 3 is 2.38 bits per heavy atom. The molecule has 0 bridgehead atoms. The van der Waals surface area contributed by atoms with Gasteiger partial charge in [-0.1, -0.05) is 17.1 Å². The van der Waals surface area contributed by atoms with Gasteiger partial charge >= 0.3 is 6.02 Å². The summed E-state index contributed by atoms with van der Waals surface area (Å²) >= 11 is 0. The number of fused-ring (bicyclic) bond motifs is 1. The number of para-hydroxylation sites is 2. The van der Waals surface area contributed by atoms with E-state index in [1.54, 1.807) is 0 Å². The molecule has 2 aliphatic rings. The maximum absolute atomic E-state index is 8.33. The molecule has 2 fully saturated rings. The van der Waals surface area contributed by atoms with Crippen LogP contribution in [0.15, 0.2) is 24.3 Å². The lowest BCUT2D eigenvalue weighted by molar-refractivity contribution is -0.972. The molecule has 24 heavy (non-hydrogen) atoms. The van der Waals surface area contributed by atoms with Crippen molar-refractivity contribution in [2.24, 2.45) is 0 Å². The zero-order chi connectivity index (χ0) is 16.4. The number of aromatic nitrogens is 3. The van der Waals surface area contributed by atoms with Crippen LogP contribution in [0.3, 0.4) is 0 Å². The number of H-pyrrole nitrogens is 1. The number of rotatable bonds is 4. The van der Waals surface area contributed by atoms with E-state index >= 15 is 0 Å². The molecule has 0 amide bonds. The molecule has 3 heterocycles. The summed E-state index contributed by atoms with van der Waals surface area (Å²) in [6.45, 7) is 3.73. The molecule has 128 valence electrons. The minimum Gasteiger partial charge on any atom is -0.245 e. The molecule has 0 aliphatic carbocycles. The summed E-state index contributed by atoms with van der Waals surface area (Å²) in [5.41, 5.74) is 1.52. The van der Waals surface area contributed by atoms with E-state index in [0.717, 1.165) is 62.9 Å². The van der Waals surface area contributed by atoms with Gasteiger partial charge in [0.1, 0.15) is 0 Å². The summed E-state index contributed by atoms with van der Waals surface area (Å²) in [7, 11) is 0. The van der Waals surface area contributed by atoms with Crippen LogP contribution in [0.25, 0.3) is 11.0 Å². The standard InChI is InChI=1S/C15H21N7O2/c16-15(22(19-9-3-4-10-19)20-11-5-6-12-20)23-24-21-14-8-2-1-7-13(14)17-18-21/h1-2,7-8,16H,3-6,9-12H2/p+1. The summed E-state index contributed by atoms with van der Waals surface area (Å²) < 4.78 is 0. The first-order valence-corrected chi connectivity index (χ1v) is 8.41. The van der Waals surface area contributed by atoms with Gasteiger partial charge < -0.3 is 0 Å². The summed E-state index contributed by atoms with van der Waals surface area (Å²) in [4.78, 5) is 11.9. The van der Waals surface area contributed by atoms with Crippen LogP contribution in [0.1, 0.15) is 25.7 Å². The van der Waals surface area contributed by atoms with Crippen LogP contribution in [0, 0.1) is 5.41 Å². The maximum atomic E-state index is 8.33. The second-order valence-electron chi connectivity index (χ2n) is 6.07. The normalized spacial score (nSPS) is 19.0. The van der Waals surface area contributed by atoms with E-state index in [2.05, 4.69) is 20.3 Å². The Morgan fingerprint density at radius 1 is 1.08 bits per heavy atom. The first-order chi connectivity index (χ1) is 11.8. The minimum absolute atomic E-state index is 0.0371.